The van der Waals surface area contributed by atoms with E-state index in [2.05, 4.69) is 40.0 Å². The van der Waals surface area contributed by atoms with E-state index in [1.54, 1.807) is 0 Å². The summed E-state index contributed by atoms with van der Waals surface area (Å²) in [6, 6.07) is 1.83. The van der Waals surface area contributed by atoms with Crippen molar-refractivity contribution in [2.45, 2.75) is 26.7 Å². The fourth-order valence-electron chi connectivity index (χ4n) is 3.19. The van der Waals surface area contributed by atoms with Crippen LogP contribution < -0.4 is 11.2 Å². The zero-order chi connectivity index (χ0) is 17.8. The van der Waals surface area contributed by atoms with E-state index in [9.17, 15) is 9.59 Å². The second kappa shape index (κ2) is 5.42. The third-order valence-corrected chi connectivity index (χ3v) is 4.73. The quantitative estimate of drug-likeness (QED) is 0.736. The smallest absolute Gasteiger partial charge is 0.313 e. The van der Waals surface area contributed by atoms with Crippen molar-refractivity contribution >= 4 is 22.8 Å². The Morgan fingerprint density at radius 3 is 2.76 bits per heavy atom. The lowest BCUT2D eigenvalue weighted by Gasteiger charge is -2.11. The SMILES string of the molecule is CC1(C)C=C(c2cc(-c3c[nH]c(=O)[nH]c3=O)nn3c(Cl)cnc23)CC1. The molecule has 0 saturated heterocycles. The third-order valence-electron chi connectivity index (χ3n) is 4.47. The van der Waals surface area contributed by atoms with Gasteiger partial charge in [-0.3, -0.25) is 9.78 Å². The van der Waals surface area contributed by atoms with Crippen LogP contribution in [-0.4, -0.2) is 24.6 Å². The summed E-state index contributed by atoms with van der Waals surface area (Å²) in [4.78, 5) is 32.5. The summed E-state index contributed by atoms with van der Waals surface area (Å²) in [5.41, 5.74) is 2.44. The van der Waals surface area contributed by atoms with Gasteiger partial charge in [-0.05, 0) is 29.9 Å². The molecule has 0 radical (unpaired) electrons. The maximum atomic E-state index is 12.1. The van der Waals surface area contributed by atoms with Crippen molar-refractivity contribution in [3.05, 3.63) is 56.1 Å². The minimum Gasteiger partial charge on any atom is -0.313 e. The summed E-state index contributed by atoms with van der Waals surface area (Å²) in [7, 11) is 0. The van der Waals surface area contributed by atoms with Crippen LogP contribution in [0.5, 0.6) is 0 Å². The average molecular weight is 358 g/mol. The van der Waals surface area contributed by atoms with Crippen molar-refractivity contribution in [2.24, 2.45) is 5.41 Å². The van der Waals surface area contributed by atoms with E-state index in [0.29, 0.717) is 16.5 Å². The van der Waals surface area contributed by atoms with Crippen LogP contribution in [0.3, 0.4) is 0 Å². The van der Waals surface area contributed by atoms with Crippen LogP contribution in [0, 0.1) is 5.41 Å². The van der Waals surface area contributed by atoms with Crippen molar-refractivity contribution in [1.29, 1.82) is 0 Å². The van der Waals surface area contributed by atoms with Crippen LogP contribution in [0.25, 0.3) is 22.5 Å². The van der Waals surface area contributed by atoms with Gasteiger partial charge in [-0.2, -0.15) is 5.10 Å². The molecule has 4 rings (SSSR count). The minimum atomic E-state index is -0.559. The lowest BCUT2D eigenvalue weighted by Crippen LogP contribution is -2.23. The zero-order valence-corrected chi connectivity index (χ0v) is 14.5. The van der Waals surface area contributed by atoms with E-state index < -0.39 is 11.2 Å². The third kappa shape index (κ3) is 2.70. The highest BCUT2D eigenvalue weighted by Crippen LogP contribution is 2.41. The molecular formula is C17H16ClN5O2. The van der Waals surface area contributed by atoms with Gasteiger partial charge in [0.15, 0.2) is 10.8 Å². The van der Waals surface area contributed by atoms with Crippen molar-refractivity contribution in [3.63, 3.8) is 0 Å². The van der Waals surface area contributed by atoms with Crippen LogP contribution in [-0.2, 0) is 0 Å². The predicted octanol–water partition coefficient (Wildman–Crippen LogP) is 2.63. The highest BCUT2D eigenvalue weighted by atomic mass is 35.5. The van der Waals surface area contributed by atoms with Gasteiger partial charge in [-0.1, -0.05) is 31.5 Å². The lowest BCUT2D eigenvalue weighted by molar-refractivity contribution is 0.471. The Kier molecular flexibility index (Phi) is 3.43. The molecule has 25 heavy (non-hydrogen) atoms. The van der Waals surface area contributed by atoms with Crippen LogP contribution >= 0.6 is 11.6 Å². The molecular weight excluding hydrogens is 342 g/mol. The Morgan fingerprint density at radius 1 is 1.28 bits per heavy atom. The number of rotatable bonds is 2. The predicted molar refractivity (Wildman–Crippen MR) is 95.7 cm³/mol. The first-order valence-corrected chi connectivity index (χ1v) is 8.31. The van der Waals surface area contributed by atoms with Gasteiger partial charge in [0.2, 0.25) is 0 Å². The number of aromatic nitrogens is 5. The Balaban J connectivity index is 2.00. The molecule has 8 heteroatoms. The van der Waals surface area contributed by atoms with Crippen LogP contribution in [0.1, 0.15) is 32.3 Å². The zero-order valence-electron chi connectivity index (χ0n) is 13.8. The Bertz CT molecular complexity index is 1140. The second-order valence-corrected chi connectivity index (χ2v) is 7.29. The van der Waals surface area contributed by atoms with Gasteiger partial charge < -0.3 is 4.98 Å². The summed E-state index contributed by atoms with van der Waals surface area (Å²) < 4.78 is 1.52. The molecule has 0 aliphatic heterocycles. The molecule has 0 aromatic carbocycles. The number of H-pyrrole nitrogens is 2. The highest BCUT2D eigenvalue weighted by molar-refractivity contribution is 6.29. The van der Waals surface area contributed by atoms with E-state index >= 15 is 0 Å². The summed E-state index contributed by atoms with van der Waals surface area (Å²) in [5, 5.41) is 4.78. The van der Waals surface area contributed by atoms with Gasteiger partial charge in [-0.25, -0.2) is 14.3 Å². The van der Waals surface area contributed by atoms with Crippen LogP contribution in [0.4, 0.5) is 0 Å². The van der Waals surface area contributed by atoms with Crippen LogP contribution in [0.15, 0.2) is 34.1 Å². The maximum absolute atomic E-state index is 12.1. The fraction of sp³-hybridized carbons (Fsp3) is 0.294. The van der Waals surface area contributed by atoms with Gasteiger partial charge in [-0.15, -0.1) is 0 Å². The topological polar surface area (TPSA) is 95.9 Å². The molecule has 0 atom stereocenters. The number of hydrogen-bond acceptors (Lipinski definition) is 4. The van der Waals surface area contributed by atoms with Crippen molar-refractivity contribution in [3.8, 4) is 11.3 Å². The van der Waals surface area contributed by atoms with E-state index in [1.807, 2.05) is 6.07 Å². The number of aromatic amines is 2. The molecule has 1 aliphatic carbocycles. The Labute approximate surface area is 147 Å². The molecule has 0 saturated carbocycles. The van der Waals surface area contributed by atoms with Crippen molar-refractivity contribution in [1.82, 2.24) is 24.6 Å². The molecule has 0 amide bonds. The fourth-order valence-corrected chi connectivity index (χ4v) is 3.36. The highest BCUT2D eigenvalue weighted by Gasteiger charge is 2.26. The largest absolute Gasteiger partial charge is 0.325 e. The Morgan fingerprint density at radius 2 is 2.08 bits per heavy atom. The van der Waals surface area contributed by atoms with Gasteiger partial charge in [0.25, 0.3) is 5.56 Å². The van der Waals surface area contributed by atoms with Crippen molar-refractivity contribution < 1.29 is 0 Å². The van der Waals surface area contributed by atoms with E-state index in [1.165, 1.54) is 16.9 Å². The molecule has 7 nitrogen and oxygen atoms in total. The van der Waals surface area contributed by atoms with Gasteiger partial charge >= 0.3 is 5.69 Å². The number of halogens is 1. The average Bonchev–Trinajstić information content (AvgIpc) is 3.09. The number of fused-ring (bicyclic) bond motifs is 1. The van der Waals surface area contributed by atoms with E-state index in [0.717, 1.165) is 24.0 Å². The molecule has 3 aromatic heterocycles. The van der Waals surface area contributed by atoms with E-state index in [-0.39, 0.29) is 11.0 Å². The number of allylic oxidation sites excluding steroid dienone is 2. The molecule has 1 aliphatic rings. The molecule has 3 heterocycles. The molecule has 0 spiro atoms. The standard InChI is InChI=1S/C17H16ClN5O2/c1-17(2)4-3-9(6-17)10-5-12(11-7-20-16(25)21-15(11)24)22-23-13(18)8-19-14(10)23/h5-8H,3-4H2,1-2H3,(H2,20,21,24,25). The van der Waals surface area contributed by atoms with Gasteiger partial charge in [0, 0.05) is 11.8 Å². The summed E-state index contributed by atoms with van der Waals surface area (Å²) in [6.07, 6.45) is 7.08. The van der Waals surface area contributed by atoms with E-state index in [4.69, 9.17) is 11.6 Å². The number of hydrogen-bond donors (Lipinski definition) is 2. The summed E-state index contributed by atoms with van der Waals surface area (Å²) >= 11 is 6.21. The summed E-state index contributed by atoms with van der Waals surface area (Å²) in [5.74, 6) is 0. The monoisotopic (exact) mass is 357 g/mol. The van der Waals surface area contributed by atoms with Gasteiger partial charge in [0.1, 0.15) is 0 Å². The molecule has 3 aromatic rings. The molecule has 0 bridgehead atoms. The first kappa shape index (κ1) is 15.8. The minimum absolute atomic E-state index is 0.113. The molecule has 0 unspecified atom stereocenters. The maximum Gasteiger partial charge on any atom is 0.325 e. The summed E-state index contributed by atoms with van der Waals surface area (Å²) in [6.45, 7) is 4.37. The number of imidazole rings is 1. The second-order valence-electron chi connectivity index (χ2n) is 6.90. The number of nitrogens with one attached hydrogen (secondary N) is 2. The van der Waals surface area contributed by atoms with Crippen molar-refractivity contribution in [2.75, 3.05) is 0 Å². The lowest BCUT2D eigenvalue weighted by atomic mass is 9.94. The number of nitrogens with zero attached hydrogens (tertiary/aromatic N) is 3. The van der Waals surface area contributed by atoms with Gasteiger partial charge in [0.05, 0.1) is 17.5 Å². The molecule has 0 fully saturated rings. The van der Waals surface area contributed by atoms with Crippen LogP contribution in [0.2, 0.25) is 5.15 Å². The normalized spacial score (nSPS) is 16.4. The first-order chi connectivity index (χ1) is 11.8. The molecule has 2 N–H and O–H groups in total. The molecule has 128 valence electrons. The first-order valence-electron chi connectivity index (χ1n) is 7.93. The Hall–Kier alpha value is -2.67.